The molecule has 1 aromatic heterocycles. The first kappa shape index (κ1) is 18.7. The summed E-state index contributed by atoms with van der Waals surface area (Å²) in [4.78, 5) is 0. The Bertz CT molecular complexity index is 603. The van der Waals surface area contributed by atoms with Gasteiger partial charge in [0.15, 0.2) is 0 Å². The molecule has 0 amide bonds. The maximum atomic E-state index is 12.9. The third kappa shape index (κ3) is 5.10. The number of aryl methyl sites for hydroxylation is 1. The van der Waals surface area contributed by atoms with Gasteiger partial charge in [-0.05, 0) is 24.3 Å². The Morgan fingerprint density at radius 2 is 1.95 bits per heavy atom. The number of hydrogen-bond donors (Lipinski definition) is 0. The zero-order valence-corrected chi connectivity index (χ0v) is 14.8. The summed E-state index contributed by atoms with van der Waals surface area (Å²) < 4.78 is 58.1. The van der Waals surface area contributed by atoms with E-state index in [-0.39, 0.29) is 63.7 Å². The standard InChI is InChI=1S/C12H12BF4N2O.K/c1-19-10(4-6-18-19)5-7-20-12-3-2-9(14)8-11(12)13(15,16)17;/h2-4,6,8H,5,7H2,1H3;/q-1;+1. The number of ether oxygens (including phenoxy) is 1. The van der Waals surface area contributed by atoms with Crippen LogP contribution in [0.15, 0.2) is 30.5 Å². The van der Waals surface area contributed by atoms with Crippen LogP contribution in [-0.4, -0.2) is 23.4 Å². The molecule has 108 valence electrons. The zero-order chi connectivity index (χ0) is 14.8. The molecule has 0 radical (unpaired) electrons. The van der Waals surface area contributed by atoms with Crippen LogP contribution in [0.25, 0.3) is 0 Å². The van der Waals surface area contributed by atoms with Gasteiger partial charge in [-0.25, -0.2) is 4.39 Å². The Balaban J connectivity index is 0.00000220. The van der Waals surface area contributed by atoms with Gasteiger partial charge in [0, 0.05) is 25.4 Å². The Hall–Kier alpha value is -0.349. The van der Waals surface area contributed by atoms with Gasteiger partial charge in [-0.3, -0.25) is 4.68 Å². The molecule has 3 nitrogen and oxygen atoms in total. The molecular weight excluding hydrogens is 314 g/mol. The summed E-state index contributed by atoms with van der Waals surface area (Å²) in [6, 6.07) is 4.16. The molecule has 9 heteroatoms. The van der Waals surface area contributed by atoms with E-state index in [4.69, 9.17) is 4.74 Å². The normalized spacial score (nSPS) is 11.1. The summed E-state index contributed by atoms with van der Waals surface area (Å²) in [7, 11) is 1.73. The smallest absolute Gasteiger partial charge is 0.496 e. The topological polar surface area (TPSA) is 27.1 Å². The fraction of sp³-hybridized carbons (Fsp3) is 0.250. The second-order valence-electron chi connectivity index (χ2n) is 4.30. The first-order chi connectivity index (χ1) is 9.38. The van der Waals surface area contributed by atoms with Crippen LogP contribution in [0.5, 0.6) is 5.75 Å². The SMILES string of the molecule is Cn1nccc1CCOc1ccc(F)cc1[B-](F)(F)F.[K+]. The third-order valence-corrected chi connectivity index (χ3v) is 2.86. The fourth-order valence-corrected chi connectivity index (χ4v) is 1.82. The Labute approximate surface area is 162 Å². The number of rotatable bonds is 5. The molecule has 2 rings (SSSR count). The molecule has 0 saturated carbocycles. The minimum Gasteiger partial charge on any atom is -0.496 e. The average molecular weight is 326 g/mol. The molecule has 2 aromatic rings. The van der Waals surface area contributed by atoms with Crippen molar-refractivity contribution in [1.82, 2.24) is 9.78 Å². The monoisotopic (exact) mass is 326 g/mol. The maximum Gasteiger partial charge on any atom is 1.00 e. The summed E-state index contributed by atoms with van der Waals surface area (Å²) in [6.07, 6.45) is 2.01. The van der Waals surface area contributed by atoms with Crippen LogP contribution in [0.4, 0.5) is 17.3 Å². The number of aromatic nitrogens is 2. The summed E-state index contributed by atoms with van der Waals surface area (Å²) in [5, 5.41) is 3.95. The van der Waals surface area contributed by atoms with Crippen LogP contribution in [-0.2, 0) is 13.5 Å². The summed E-state index contributed by atoms with van der Waals surface area (Å²) in [6.45, 7) is -5.25. The van der Waals surface area contributed by atoms with Gasteiger partial charge in [-0.1, -0.05) is 5.46 Å². The van der Waals surface area contributed by atoms with Crippen molar-refractivity contribution in [1.29, 1.82) is 0 Å². The maximum absolute atomic E-state index is 12.9. The van der Waals surface area contributed by atoms with E-state index in [2.05, 4.69) is 5.10 Å². The number of nitrogens with zero attached hydrogens (tertiary/aromatic N) is 2. The van der Waals surface area contributed by atoms with Gasteiger partial charge in [-0.2, -0.15) is 5.10 Å². The van der Waals surface area contributed by atoms with Crippen molar-refractivity contribution in [2.45, 2.75) is 6.42 Å². The molecule has 0 fully saturated rings. The van der Waals surface area contributed by atoms with E-state index in [0.717, 1.165) is 17.8 Å². The van der Waals surface area contributed by atoms with Crippen molar-refractivity contribution in [2.75, 3.05) is 6.61 Å². The fourth-order valence-electron chi connectivity index (χ4n) is 1.82. The molecule has 0 aliphatic rings. The number of benzene rings is 1. The van der Waals surface area contributed by atoms with E-state index in [9.17, 15) is 17.3 Å². The number of hydrogen-bond acceptors (Lipinski definition) is 2. The molecule has 1 heterocycles. The second kappa shape index (κ2) is 7.78. The number of halogens is 4. The quantitative estimate of drug-likeness (QED) is 0.534. The first-order valence-electron chi connectivity index (χ1n) is 5.97. The second-order valence-corrected chi connectivity index (χ2v) is 4.30. The van der Waals surface area contributed by atoms with Crippen molar-refractivity contribution < 1.29 is 73.5 Å². The molecule has 0 N–H and O–H groups in total. The molecule has 0 spiro atoms. The van der Waals surface area contributed by atoms with Gasteiger partial charge in [0.2, 0.25) is 0 Å². The van der Waals surface area contributed by atoms with Crippen LogP contribution in [0, 0.1) is 5.82 Å². The van der Waals surface area contributed by atoms with Crippen LogP contribution < -0.4 is 61.6 Å². The largest absolute Gasteiger partial charge is 1.00 e. The van der Waals surface area contributed by atoms with E-state index in [1.54, 1.807) is 24.0 Å². The van der Waals surface area contributed by atoms with E-state index in [0.29, 0.717) is 12.5 Å². The van der Waals surface area contributed by atoms with Gasteiger partial charge in [0.05, 0.1) is 12.4 Å². The van der Waals surface area contributed by atoms with E-state index in [1.807, 2.05) is 0 Å². The minimum atomic E-state index is -5.31. The molecule has 0 bridgehead atoms. The van der Waals surface area contributed by atoms with Crippen molar-refractivity contribution in [3.05, 3.63) is 42.0 Å². The van der Waals surface area contributed by atoms with Gasteiger partial charge < -0.3 is 17.7 Å². The Kier molecular flexibility index (Phi) is 6.92. The summed E-state index contributed by atoms with van der Waals surface area (Å²) in [5.41, 5.74) is -0.207. The molecule has 0 saturated heterocycles. The zero-order valence-electron chi connectivity index (χ0n) is 11.7. The van der Waals surface area contributed by atoms with Crippen LogP contribution in [0.3, 0.4) is 0 Å². The van der Waals surface area contributed by atoms with E-state index in [1.165, 1.54) is 0 Å². The van der Waals surface area contributed by atoms with Crippen LogP contribution in [0.1, 0.15) is 5.69 Å². The molecule has 0 aliphatic heterocycles. The van der Waals surface area contributed by atoms with E-state index < -0.39 is 18.3 Å². The molecule has 21 heavy (non-hydrogen) atoms. The molecular formula is C12H12BF4KN2O. The van der Waals surface area contributed by atoms with Crippen molar-refractivity contribution >= 4 is 12.4 Å². The summed E-state index contributed by atoms with van der Waals surface area (Å²) in [5.74, 6) is -1.28. The molecule has 0 aliphatic carbocycles. The molecule has 0 atom stereocenters. The predicted molar refractivity (Wildman–Crippen MR) is 67.5 cm³/mol. The van der Waals surface area contributed by atoms with Crippen LogP contribution in [0.2, 0.25) is 0 Å². The van der Waals surface area contributed by atoms with Crippen molar-refractivity contribution in [2.24, 2.45) is 7.05 Å². The van der Waals surface area contributed by atoms with Crippen molar-refractivity contribution in [3.8, 4) is 5.75 Å². The molecule has 1 aromatic carbocycles. The van der Waals surface area contributed by atoms with E-state index >= 15 is 0 Å². The average Bonchev–Trinajstić information content (AvgIpc) is 2.76. The van der Waals surface area contributed by atoms with Crippen LogP contribution >= 0.6 is 0 Å². The molecule has 0 unspecified atom stereocenters. The predicted octanol–water partition coefficient (Wildman–Crippen LogP) is -0.761. The van der Waals surface area contributed by atoms with Gasteiger partial charge >= 0.3 is 58.4 Å². The van der Waals surface area contributed by atoms with Gasteiger partial charge in [-0.15, -0.1) is 0 Å². The van der Waals surface area contributed by atoms with Gasteiger partial charge in [0.1, 0.15) is 5.82 Å². The summed E-state index contributed by atoms with van der Waals surface area (Å²) >= 11 is 0. The Morgan fingerprint density at radius 1 is 1.24 bits per heavy atom. The minimum absolute atomic E-state index is 0. The third-order valence-electron chi connectivity index (χ3n) is 2.86. The Morgan fingerprint density at radius 3 is 2.52 bits per heavy atom. The van der Waals surface area contributed by atoms with Crippen molar-refractivity contribution in [3.63, 3.8) is 0 Å². The first-order valence-corrected chi connectivity index (χ1v) is 5.97. The van der Waals surface area contributed by atoms with Gasteiger partial charge in [0.25, 0.3) is 0 Å².